The number of rotatable bonds is 4. The number of aromatic amines is 1. The molecule has 0 amide bonds. The fraction of sp³-hybridized carbons (Fsp3) is 0.438. The van der Waals surface area contributed by atoms with Crippen LogP contribution in [0.4, 0.5) is 13.2 Å². The van der Waals surface area contributed by atoms with Gasteiger partial charge in [-0.25, -0.2) is 0 Å². The Morgan fingerprint density at radius 3 is 2.74 bits per heavy atom. The zero-order chi connectivity index (χ0) is 16.7. The van der Waals surface area contributed by atoms with Gasteiger partial charge in [-0.15, -0.1) is 0 Å². The average molecular weight is 436 g/mol. The summed E-state index contributed by atoms with van der Waals surface area (Å²) in [6.45, 7) is 1.25. The van der Waals surface area contributed by atoms with Crippen LogP contribution in [0.5, 0.6) is 0 Å². The van der Waals surface area contributed by atoms with Gasteiger partial charge in [0.25, 0.3) is 0 Å². The topological polar surface area (TPSA) is 44.9 Å². The monoisotopic (exact) mass is 436 g/mol. The summed E-state index contributed by atoms with van der Waals surface area (Å²) in [6, 6.07) is 4.13. The van der Waals surface area contributed by atoms with E-state index in [-0.39, 0.29) is 16.9 Å². The van der Waals surface area contributed by atoms with Crippen molar-refractivity contribution in [1.82, 2.24) is 10.3 Å². The lowest BCUT2D eigenvalue weighted by atomic mass is 9.77. The molecule has 1 unspecified atom stereocenters. The minimum absolute atomic E-state index is 0.0292. The summed E-state index contributed by atoms with van der Waals surface area (Å²) in [7, 11) is 0. The molecule has 1 aliphatic heterocycles. The first-order valence-electron chi connectivity index (χ1n) is 7.37. The van der Waals surface area contributed by atoms with Gasteiger partial charge in [0, 0.05) is 33.5 Å². The molecule has 0 saturated carbocycles. The maximum Gasteiger partial charge on any atom is 0.418 e. The highest BCUT2D eigenvalue weighted by atomic mass is 127. The molecular weight excluding hydrogens is 420 g/mol. The summed E-state index contributed by atoms with van der Waals surface area (Å²) >= 11 is 2.21. The van der Waals surface area contributed by atoms with Gasteiger partial charge in [0.05, 0.1) is 11.1 Å². The van der Waals surface area contributed by atoms with Crippen LogP contribution in [0, 0.1) is 5.41 Å². The van der Waals surface area contributed by atoms with Crippen molar-refractivity contribution >= 4 is 39.3 Å². The molecule has 1 saturated heterocycles. The molecule has 1 aromatic heterocycles. The van der Waals surface area contributed by atoms with Crippen LogP contribution in [0.3, 0.4) is 0 Å². The fourth-order valence-corrected chi connectivity index (χ4v) is 4.31. The van der Waals surface area contributed by atoms with Crippen molar-refractivity contribution in [3.63, 3.8) is 0 Å². The Kier molecular flexibility index (Phi) is 4.43. The van der Waals surface area contributed by atoms with Gasteiger partial charge < -0.3 is 10.3 Å². The van der Waals surface area contributed by atoms with E-state index >= 15 is 0 Å². The normalized spacial score (nSPS) is 21.9. The fourth-order valence-electron chi connectivity index (χ4n) is 3.28. The molecule has 1 aliphatic rings. The number of fused-ring (bicyclic) bond motifs is 1. The number of halogens is 4. The lowest BCUT2D eigenvalue weighted by molar-refractivity contribution is -0.136. The standard InChI is InChI=1S/C16H16F3IN2O/c17-16(18,19)12-8-11(7-10-1-5-22-13(10)12)14(23)15(2-4-20)3-6-21-9-15/h1,5,7-8,21-22H,2-4,6,9H2. The van der Waals surface area contributed by atoms with Crippen molar-refractivity contribution in [3.05, 3.63) is 35.5 Å². The van der Waals surface area contributed by atoms with Gasteiger partial charge in [-0.3, -0.25) is 4.79 Å². The maximum atomic E-state index is 13.3. The Hall–Kier alpha value is -1.09. The first-order chi connectivity index (χ1) is 10.9. The Balaban J connectivity index is 2.10. The molecule has 2 heterocycles. The van der Waals surface area contributed by atoms with Crippen molar-refractivity contribution in [1.29, 1.82) is 0 Å². The molecule has 124 valence electrons. The lowest BCUT2D eigenvalue weighted by Gasteiger charge is -2.26. The predicted octanol–water partition coefficient (Wildman–Crippen LogP) is 4.17. The van der Waals surface area contributed by atoms with Gasteiger partial charge in [-0.05, 0) is 37.6 Å². The van der Waals surface area contributed by atoms with Crippen LogP contribution in [0.1, 0.15) is 28.8 Å². The van der Waals surface area contributed by atoms with Crippen LogP contribution >= 0.6 is 22.6 Å². The van der Waals surface area contributed by atoms with E-state index in [0.29, 0.717) is 24.8 Å². The first kappa shape index (κ1) is 16.8. The second-order valence-electron chi connectivity index (χ2n) is 5.94. The second-order valence-corrected chi connectivity index (χ2v) is 7.02. The van der Waals surface area contributed by atoms with Gasteiger partial charge in [0.15, 0.2) is 5.78 Å². The number of carbonyl (C=O) groups excluding carboxylic acids is 1. The molecule has 1 aromatic carbocycles. The Morgan fingerprint density at radius 1 is 1.35 bits per heavy atom. The van der Waals surface area contributed by atoms with E-state index < -0.39 is 17.2 Å². The number of nitrogens with one attached hydrogen (secondary N) is 2. The van der Waals surface area contributed by atoms with E-state index in [4.69, 9.17) is 0 Å². The molecule has 0 radical (unpaired) electrons. The van der Waals surface area contributed by atoms with Crippen molar-refractivity contribution in [2.75, 3.05) is 17.5 Å². The quantitative estimate of drug-likeness (QED) is 0.430. The minimum atomic E-state index is -4.50. The third-order valence-corrected chi connectivity index (χ3v) is 5.06. The van der Waals surface area contributed by atoms with Crippen LogP contribution in [0.25, 0.3) is 10.9 Å². The van der Waals surface area contributed by atoms with Gasteiger partial charge in [-0.1, -0.05) is 22.6 Å². The maximum absolute atomic E-state index is 13.3. The highest BCUT2D eigenvalue weighted by Gasteiger charge is 2.42. The second kappa shape index (κ2) is 6.08. The number of hydrogen-bond acceptors (Lipinski definition) is 2. The van der Waals surface area contributed by atoms with Crippen molar-refractivity contribution in [2.45, 2.75) is 19.0 Å². The number of hydrogen-bond donors (Lipinski definition) is 2. The molecule has 7 heteroatoms. The summed E-state index contributed by atoms with van der Waals surface area (Å²) in [4.78, 5) is 15.6. The van der Waals surface area contributed by atoms with E-state index in [0.717, 1.165) is 17.0 Å². The average Bonchev–Trinajstić information content (AvgIpc) is 3.13. The van der Waals surface area contributed by atoms with E-state index in [2.05, 4.69) is 32.9 Å². The van der Waals surface area contributed by atoms with Crippen LogP contribution in [0.15, 0.2) is 24.4 Å². The van der Waals surface area contributed by atoms with Gasteiger partial charge >= 0.3 is 6.18 Å². The van der Waals surface area contributed by atoms with E-state index in [1.54, 1.807) is 12.1 Å². The van der Waals surface area contributed by atoms with Crippen molar-refractivity contribution in [3.8, 4) is 0 Å². The largest absolute Gasteiger partial charge is 0.418 e. The summed E-state index contributed by atoms with van der Waals surface area (Å²) in [5.74, 6) is -0.187. The van der Waals surface area contributed by atoms with E-state index in [1.807, 2.05) is 0 Å². The molecule has 0 aliphatic carbocycles. The SMILES string of the molecule is O=C(c1cc(C(F)(F)F)c2[nH]ccc2c1)C1(CCI)CCNC1. The number of alkyl halides is 4. The molecule has 1 fully saturated rings. The molecular formula is C16H16F3IN2O. The molecule has 0 spiro atoms. The molecule has 2 aromatic rings. The van der Waals surface area contributed by atoms with E-state index in [1.165, 1.54) is 6.20 Å². The highest BCUT2D eigenvalue weighted by Crippen LogP contribution is 2.39. The Bertz CT molecular complexity index is 732. The first-order valence-corrected chi connectivity index (χ1v) is 8.90. The van der Waals surface area contributed by atoms with Crippen LogP contribution in [-0.4, -0.2) is 28.3 Å². The third-order valence-electron chi connectivity index (χ3n) is 4.53. The highest BCUT2D eigenvalue weighted by molar-refractivity contribution is 14.1. The van der Waals surface area contributed by atoms with Crippen LogP contribution in [-0.2, 0) is 6.18 Å². The van der Waals surface area contributed by atoms with Crippen LogP contribution < -0.4 is 5.32 Å². The molecule has 2 N–H and O–H groups in total. The lowest BCUT2D eigenvalue weighted by Crippen LogP contribution is -2.34. The van der Waals surface area contributed by atoms with Gasteiger partial charge in [0.1, 0.15) is 0 Å². The number of benzene rings is 1. The number of Topliss-reactive ketones (excluding diaryl/α,β-unsaturated/α-hetero) is 1. The van der Waals surface area contributed by atoms with Gasteiger partial charge in [0.2, 0.25) is 0 Å². The van der Waals surface area contributed by atoms with Crippen molar-refractivity contribution in [2.24, 2.45) is 5.41 Å². The smallest absolute Gasteiger partial charge is 0.361 e. The molecule has 1 atom stereocenters. The summed E-state index contributed by atoms with van der Waals surface area (Å²) in [6.07, 6.45) is -1.69. The zero-order valence-electron chi connectivity index (χ0n) is 12.3. The number of ketones is 1. The molecule has 3 nitrogen and oxygen atoms in total. The molecule has 3 rings (SSSR count). The summed E-state index contributed by atoms with van der Waals surface area (Å²) < 4.78 is 40.7. The molecule has 23 heavy (non-hydrogen) atoms. The zero-order valence-corrected chi connectivity index (χ0v) is 14.4. The van der Waals surface area contributed by atoms with E-state index in [9.17, 15) is 18.0 Å². The Morgan fingerprint density at radius 2 is 2.13 bits per heavy atom. The molecule has 0 bridgehead atoms. The number of carbonyl (C=O) groups is 1. The summed E-state index contributed by atoms with van der Waals surface area (Å²) in [5.41, 5.74) is -1.19. The minimum Gasteiger partial charge on any atom is -0.361 e. The number of H-pyrrole nitrogens is 1. The Labute approximate surface area is 145 Å². The van der Waals surface area contributed by atoms with Gasteiger partial charge in [-0.2, -0.15) is 13.2 Å². The van der Waals surface area contributed by atoms with Crippen molar-refractivity contribution < 1.29 is 18.0 Å². The predicted molar refractivity (Wildman–Crippen MR) is 91.1 cm³/mol. The third kappa shape index (κ3) is 3.00. The summed E-state index contributed by atoms with van der Waals surface area (Å²) in [5, 5.41) is 3.59. The number of aromatic nitrogens is 1. The van der Waals surface area contributed by atoms with Crippen LogP contribution in [0.2, 0.25) is 0 Å².